The van der Waals surface area contributed by atoms with E-state index in [0.717, 1.165) is 49.0 Å². The summed E-state index contributed by atoms with van der Waals surface area (Å²) in [5.41, 5.74) is 6.14. The highest BCUT2D eigenvalue weighted by molar-refractivity contribution is 6.04. The van der Waals surface area contributed by atoms with Crippen molar-refractivity contribution in [2.24, 2.45) is 0 Å². The van der Waals surface area contributed by atoms with Gasteiger partial charge in [0.15, 0.2) is 5.69 Å². The van der Waals surface area contributed by atoms with Gasteiger partial charge in [-0.15, -0.1) is 0 Å². The van der Waals surface area contributed by atoms with Crippen LogP contribution in [0.2, 0.25) is 0 Å². The molecule has 176 valence electrons. The Labute approximate surface area is 201 Å². The number of hydrogen-bond acceptors (Lipinski definition) is 3. The zero-order chi connectivity index (χ0) is 23.7. The molecule has 6 nitrogen and oxygen atoms in total. The SMILES string of the molecule is Cc1ccc(-n2nc(C(=O)Nc3ccc(C(=O)N(C)C4CCCCC4)cc3)c3c2CCC3)cc1. The average molecular weight is 457 g/mol. The van der Waals surface area contributed by atoms with Crippen LogP contribution in [0.5, 0.6) is 0 Å². The summed E-state index contributed by atoms with van der Waals surface area (Å²) < 4.78 is 1.92. The fourth-order valence-electron chi connectivity index (χ4n) is 5.24. The molecule has 5 rings (SSSR count). The highest BCUT2D eigenvalue weighted by atomic mass is 16.2. The summed E-state index contributed by atoms with van der Waals surface area (Å²) in [5.74, 6) is -0.165. The summed E-state index contributed by atoms with van der Waals surface area (Å²) in [6.07, 6.45) is 8.63. The van der Waals surface area contributed by atoms with Gasteiger partial charge in [0.05, 0.1) is 5.69 Å². The van der Waals surface area contributed by atoms with Gasteiger partial charge in [0, 0.05) is 35.6 Å². The van der Waals surface area contributed by atoms with Crippen LogP contribution in [0.1, 0.15) is 76.2 Å². The van der Waals surface area contributed by atoms with Gasteiger partial charge in [0.1, 0.15) is 0 Å². The Morgan fingerprint density at radius 3 is 2.35 bits per heavy atom. The Kier molecular flexibility index (Phi) is 6.22. The lowest BCUT2D eigenvalue weighted by molar-refractivity contribution is 0.0696. The van der Waals surface area contributed by atoms with E-state index in [1.165, 1.54) is 24.8 Å². The Balaban J connectivity index is 1.31. The molecule has 1 aromatic heterocycles. The number of hydrogen-bond donors (Lipinski definition) is 1. The molecule has 0 aliphatic heterocycles. The van der Waals surface area contributed by atoms with E-state index in [-0.39, 0.29) is 11.8 Å². The molecule has 0 saturated heterocycles. The summed E-state index contributed by atoms with van der Waals surface area (Å²) in [7, 11) is 1.90. The molecule has 2 aromatic carbocycles. The van der Waals surface area contributed by atoms with E-state index in [2.05, 4.69) is 24.4 Å². The van der Waals surface area contributed by atoms with Crippen molar-refractivity contribution in [2.75, 3.05) is 12.4 Å². The highest BCUT2D eigenvalue weighted by Gasteiger charge is 2.27. The quantitative estimate of drug-likeness (QED) is 0.565. The van der Waals surface area contributed by atoms with E-state index >= 15 is 0 Å². The van der Waals surface area contributed by atoms with Crippen LogP contribution in [0, 0.1) is 6.92 Å². The molecule has 6 heteroatoms. The Hall–Kier alpha value is -3.41. The normalized spacial score (nSPS) is 15.7. The maximum absolute atomic E-state index is 13.1. The predicted octanol–water partition coefficient (Wildman–Crippen LogP) is 5.33. The predicted molar refractivity (Wildman–Crippen MR) is 134 cm³/mol. The van der Waals surface area contributed by atoms with Crippen molar-refractivity contribution < 1.29 is 9.59 Å². The third-order valence-electron chi connectivity index (χ3n) is 7.26. The van der Waals surface area contributed by atoms with Crippen molar-refractivity contribution in [3.05, 3.63) is 76.6 Å². The fraction of sp³-hybridized carbons (Fsp3) is 0.393. The monoisotopic (exact) mass is 456 g/mol. The average Bonchev–Trinajstić information content (AvgIpc) is 3.48. The van der Waals surface area contributed by atoms with Gasteiger partial charge in [-0.25, -0.2) is 4.68 Å². The number of amides is 2. The van der Waals surface area contributed by atoms with Gasteiger partial charge in [-0.2, -0.15) is 5.10 Å². The number of benzene rings is 2. The molecular formula is C28H32N4O2. The fourth-order valence-corrected chi connectivity index (χ4v) is 5.24. The van der Waals surface area contributed by atoms with Crippen molar-refractivity contribution in [1.82, 2.24) is 14.7 Å². The number of anilines is 1. The van der Waals surface area contributed by atoms with Gasteiger partial charge in [-0.3, -0.25) is 9.59 Å². The van der Waals surface area contributed by atoms with Gasteiger partial charge in [0.25, 0.3) is 11.8 Å². The van der Waals surface area contributed by atoms with E-state index in [1.807, 2.05) is 28.8 Å². The van der Waals surface area contributed by atoms with Crippen LogP contribution in [0.4, 0.5) is 5.69 Å². The molecule has 2 aliphatic carbocycles. The van der Waals surface area contributed by atoms with Crippen LogP contribution in [0.15, 0.2) is 48.5 Å². The van der Waals surface area contributed by atoms with E-state index in [0.29, 0.717) is 23.0 Å². The summed E-state index contributed by atoms with van der Waals surface area (Å²) >= 11 is 0. The smallest absolute Gasteiger partial charge is 0.276 e. The van der Waals surface area contributed by atoms with Gasteiger partial charge < -0.3 is 10.2 Å². The Bertz CT molecular complexity index is 1190. The van der Waals surface area contributed by atoms with Crippen molar-refractivity contribution >= 4 is 17.5 Å². The van der Waals surface area contributed by atoms with Crippen LogP contribution in [0.3, 0.4) is 0 Å². The van der Waals surface area contributed by atoms with E-state index < -0.39 is 0 Å². The standard InChI is InChI=1S/C28H32N4O2/c1-19-11-17-23(18-12-19)32-25-10-6-9-24(25)26(30-32)27(33)29-21-15-13-20(14-16-21)28(34)31(2)22-7-4-3-5-8-22/h11-18,22H,3-10H2,1-2H3,(H,29,33). The Morgan fingerprint density at radius 1 is 0.941 bits per heavy atom. The first-order valence-corrected chi connectivity index (χ1v) is 12.4. The number of rotatable bonds is 5. The lowest BCUT2D eigenvalue weighted by Crippen LogP contribution is -2.38. The number of nitrogens with one attached hydrogen (secondary N) is 1. The molecule has 1 N–H and O–H groups in total. The minimum Gasteiger partial charge on any atom is -0.339 e. The number of fused-ring (bicyclic) bond motifs is 1. The molecule has 1 fully saturated rings. The third-order valence-corrected chi connectivity index (χ3v) is 7.26. The zero-order valence-electron chi connectivity index (χ0n) is 20.0. The molecule has 34 heavy (non-hydrogen) atoms. The zero-order valence-corrected chi connectivity index (χ0v) is 20.0. The largest absolute Gasteiger partial charge is 0.339 e. The van der Waals surface area contributed by atoms with Crippen molar-refractivity contribution in [1.29, 1.82) is 0 Å². The summed E-state index contributed by atoms with van der Waals surface area (Å²) in [6.45, 7) is 2.06. The topological polar surface area (TPSA) is 67.2 Å². The van der Waals surface area contributed by atoms with E-state index in [1.54, 1.807) is 24.3 Å². The molecule has 0 atom stereocenters. The van der Waals surface area contributed by atoms with Crippen LogP contribution >= 0.6 is 0 Å². The first kappa shape index (κ1) is 22.4. The second-order valence-corrected chi connectivity index (χ2v) is 9.61. The minimum atomic E-state index is -0.206. The first-order chi connectivity index (χ1) is 16.5. The lowest BCUT2D eigenvalue weighted by atomic mass is 9.94. The molecule has 1 saturated carbocycles. The van der Waals surface area contributed by atoms with Crippen molar-refractivity contribution in [3.8, 4) is 5.69 Å². The van der Waals surface area contributed by atoms with Crippen molar-refractivity contribution in [3.63, 3.8) is 0 Å². The maximum atomic E-state index is 13.1. The molecule has 0 bridgehead atoms. The second kappa shape index (κ2) is 9.45. The van der Waals surface area contributed by atoms with E-state index in [4.69, 9.17) is 5.10 Å². The van der Waals surface area contributed by atoms with Gasteiger partial charge in [-0.1, -0.05) is 37.0 Å². The molecule has 1 heterocycles. The molecule has 3 aromatic rings. The number of aryl methyl sites for hydroxylation is 1. The summed E-state index contributed by atoms with van der Waals surface area (Å²) in [5, 5.41) is 7.67. The third kappa shape index (κ3) is 4.37. The number of nitrogens with zero attached hydrogens (tertiary/aromatic N) is 3. The van der Waals surface area contributed by atoms with Crippen LogP contribution in [0.25, 0.3) is 5.69 Å². The molecule has 0 spiro atoms. The minimum absolute atomic E-state index is 0.0411. The molecule has 0 radical (unpaired) electrons. The van der Waals surface area contributed by atoms with Crippen molar-refractivity contribution in [2.45, 2.75) is 64.3 Å². The van der Waals surface area contributed by atoms with Gasteiger partial charge in [0.2, 0.25) is 0 Å². The summed E-state index contributed by atoms with van der Waals surface area (Å²) in [6, 6.07) is 15.7. The van der Waals surface area contributed by atoms with Gasteiger partial charge in [-0.05, 0) is 75.4 Å². The Morgan fingerprint density at radius 2 is 1.65 bits per heavy atom. The number of carbonyl (C=O) groups is 2. The van der Waals surface area contributed by atoms with Gasteiger partial charge >= 0.3 is 0 Å². The molecule has 0 unspecified atom stereocenters. The van der Waals surface area contributed by atoms with Crippen LogP contribution in [-0.2, 0) is 12.8 Å². The maximum Gasteiger partial charge on any atom is 0.276 e. The number of carbonyl (C=O) groups excluding carboxylic acids is 2. The molecule has 2 amide bonds. The van der Waals surface area contributed by atoms with Crippen LogP contribution in [-0.4, -0.2) is 39.6 Å². The van der Waals surface area contributed by atoms with Crippen LogP contribution < -0.4 is 5.32 Å². The lowest BCUT2D eigenvalue weighted by Gasteiger charge is -2.31. The highest BCUT2D eigenvalue weighted by Crippen LogP contribution is 2.29. The number of aromatic nitrogens is 2. The second-order valence-electron chi connectivity index (χ2n) is 9.61. The van der Waals surface area contributed by atoms with E-state index in [9.17, 15) is 9.59 Å². The first-order valence-electron chi connectivity index (χ1n) is 12.4. The molecular weight excluding hydrogens is 424 g/mol. The summed E-state index contributed by atoms with van der Waals surface area (Å²) in [4.78, 5) is 27.9. The molecule has 2 aliphatic rings.